The van der Waals surface area contributed by atoms with E-state index in [1.165, 1.54) is 0 Å². The van der Waals surface area contributed by atoms with E-state index in [2.05, 4.69) is 13.5 Å². The van der Waals surface area contributed by atoms with E-state index in [1.807, 2.05) is 0 Å². The molecule has 0 radical (unpaired) electrons. The van der Waals surface area contributed by atoms with Gasteiger partial charge < -0.3 is 4.21 Å². The maximum Gasteiger partial charge on any atom is 0.238 e. The van der Waals surface area contributed by atoms with Crippen LogP contribution in [0.15, 0.2) is 13.5 Å². The molecule has 1 aromatic rings. The summed E-state index contributed by atoms with van der Waals surface area (Å²) in [5.74, 6) is -10.2. The van der Waals surface area contributed by atoms with Gasteiger partial charge in [0.1, 0.15) is 5.30 Å². The minimum absolute atomic E-state index is 0.0322. The zero-order valence-corrected chi connectivity index (χ0v) is 13.7. The first kappa shape index (κ1) is 14.9. The summed E-state index contributed by atoms with van der Waals surface area (Å²) < 4.78 is 82.7. The minimum atomic E-state index is -3.58. The van der Waals surface area contributed by atoms with Gasteiger partial charge in [0, 0.05) is 0 Å². The molecule has 1 heterocycles. The van der Waals surface area contributed by atoms with E-state index < -0.39 is 41.8 Å². The smallest absolute Gasteiger partial charge is 0.238 e. The van der Waals surface area contributed by atoms with Crippen LogP contribution < -0.4 is 5.30 Å². The molecule has 0 saturated heterocycles. The third-order valence-electron chi connectivity index (χ3n) is 2.13. The molecule has 2 rings (SSSR count). The molecule has 13 heteroatoms. The van der Waals surface area contributed by atoms with Gasteiger partial charge in [0.15, 0.2) is 50.8 Å². The van der Waals surface area contributed by atoms with E-state index in [1.54, 1.807) is 0 Å². The van der Waals surface area contributed by atoms with Crippen molar-refractivity contribution in [1.82, 2.24) is 0 Å². The molecule has 102 valence electrons. The zero-order valence-electron chi connectivity index (χ0n) is 8.98. The van der Waals surface area contributed by atoms with E-state index in [9.17, 15) is 22.0 Å². The number of rotatable bonds is 2. The summed E-state index contributed by atoms with van der Waals surface area (Å²) in [5, 5.41) is -1.10. The van der Waals surface area contributed by atoms with Crippen LogP contribution in [0.1, 0.15) is 0 Å². The van der Waals surface area contributed by atoms with Gasteiger partial charge in [-0.1, -0.05) is 0 Å². The highest BCUT2D eigenvalue weighted by Gasteiger charge is 2.36. The molecule has 0 spiro atoms. The Bertz CT molecular complexity index is 637. The third kappa shape index (κ3) is 2.32. The van der Waals surface area contributed by atoms with Crippen LogP contribution in [0.3, 0.4) is 0 Å². The van der Waals surface area contributed by atoms with Gasteiger partial charge in [0.25, 0.3) is 0 Å². The van der Waals surface area contributed by atoms with Crippen molar-refractivity contribution in [3.63, 3.8) is 0 Å². The summed E-state index contributed by atoms with van der Waals surface area (Å²) in [6.45, 7) is 0. The summed E-state index contributed by atoms with van der Waals surface area (Å²) in [7, 11) is -3.45. The molecule has 0 saturated carbocycles. The Labute approximate surface area is 110 Å². The Morgan fingerprint density at radius 2 is 1.42 bits per heavy atom. The number of benzene rings is 1. The first-order valence-electron chi connectivity index (χ1n) is 4.46. The first-order chi connectivity index (χ1) is 8.94. The third-order valence-corrected chi connectivity index (χ3v) is 8.37. The molecule has 0 fully saturated rings. The van der Waals surface area contributed by atoms with Crippen LogP contribution in [0.5, 0.6) is 0 Å². The Kier molecular flexibility index (Phi) is 4.28. The van der Waals surface area contributed by atoms with Crippen LogP contribution in [0.25, 0.3) is 0 Å². The van der Waals surface area contributed by atoms with E-state index in [0.717, 1.165) is 0 Å². The molecule has 1 aliphatic heterocycles. The second kappa shape index (κ2) is 5.46. The molecule has 0 aromatic heterocycles. The van der Waals surface area contributed by atoms with Crippen molar-refractivity contribution in [3.05, 3.63) is 29.1 Å². The lowest BCUT2D eigenvalue weighted by Gasteiger charge is -2.19. The Balaban J connectivity index is 2.88. The van der Waals surface area contributed by atoms with Crippen LogP contribution in [0, 0.1) is 29.1 Å². The van der Waals surface area contributed by atoms with Gasteiger partial charge in [0.2, 0.25) is 13.2 Å². The van der Waals surface area contributed by atoms with Gasteiger partial charge in [-0.25, -0.2) is 22.0 Å². The van der Waals surface area contributed by atoms with E-state index >= 15 is 0 Å². The summed E-state index contributed by atoms with van der Waals surface area (Å²) in [6.07, 6.45) is 0. The lowest BCUT2D eigenvalue weighted by atomic mass is 10.3. The van der Waals surface area contributed by atoms with Crippen LogP contribution >= 0.6 is 24.5 Å². The Morgan fingerprint density at radius 1 is 0.895 bits per heavy atom. The Hall–Kier alpha value is -0.523. The maximum atomic E-state index is 13.7. The lowest BCUT2D eigenvalue weighted by molar-refractivity contribution is 0.383. The number of hydrogen-bond acceptors (Lipinski definition) is 4. The van der Waals surface area contributed by atoms with Crippen LogP contribution in [0.4, 0.5) is 22.0 Å². The molecule has 1 atom stereocenters. The average Bonchev–Trinajstić information content (AvgIpc) is 2.44. The zero-order chi connectivity index (χ0) is 14.2. The van der Waals surface area contributed by atoms with Crippen molar-refractivity contribution in [3.8, 4) is 0 Å². The summed E-state index contributed by atoms with van der Waals surface area (Å²) in [4.78, 5) is 0. The fraction of sp³-hybridized carbons (Fsp3) is 0. The molecule has 0 N–H and O–H groups in total. The molecule has 1 unspecified atom stereocenters. The molecular weight excluding hydrogens is 346 g/mol. The standard InChI is InChI=1S/C6H3F5N3OP3Si/c7-1-2(8)4(10)6(5(11)3(1)9)18(15-19)13-16-12-17-14-18/h19H3. The van der Waals surface area contributed by atoms with Crippen LogP contribution in [-0.2, 0) is 4.21 Å². The van der Waals surface area contributed by atoms with Crippen LogP contribution in [-0.4, -0.2) is 10.5 Å². The normalized spacial score (nSPS) is 23.4. The molecular formula is C6H3F5N3OP3Si. The van der Waals surface area contributed by atoms with Gasteiger partial charge in [-0.2, -0.15) is 13.5 Å². The topological polar surface area (TPSA) is 46.3 Å². The van der Waals surface area contributed by atoms with E-state index in [-0.39, 0.29) is 27.5 Å². The second-order valence-electron chi connectivity index (χ2n) is 3.09. The van der Waals surface area contributed by atoms with Gasteiger partial charge in [-0.05, 0) is 0 Å². The van der Waals surface area contributed by atoms with Gasteiger partial charge in [-0.3, -0.25) is 0 Å². The van der Waals surface area contributed by atoms with Crippen molar-refractivity contribution in [2.24, 2.45) is 13.5 Å². The van der Waals surface area contributed by atoms with Crippen LogP contribution in [0.2, 0.25) is 0 Å². The predicted molar refractivity (Wildman–Crippen MR) is 64.9 cm³/mol. The average molecular weight is 349 g/mol. The van der Waals surface area contributed by atoms with Gasteiger partial charge in [-0.15, -0.1) is 0 Å². The van der Waals surface area contributed by atoms with Gasteiger partial charge in [0.05, 0.1) is 0 Å². The highest BCUT2D eigenvalue weighted by Crippen LogP contribution is 2.58. The minimum Gasteiger partial charge on any atom is -0.377 e. The molecule has 1 aromatic carbocycles. The van der Waals surface area contributed by atoms with Crippen molar-refractivity contribution in [2.75, 3.05) is 0 Å². The number of nitrogens with zero attached hydrogens (tertiary/aromatic N) is 3. The molecule has 19 heavy (non-hydrogen) atoms. The largest absolute Gasteiger partial charge is 0.377 e. The highest BCUT2D eigenvalue weighted by atomic mass is 31.2. The summed E-state index contributed by atoms with van der Waals surface area (Å²) >= 11 is 0. The van der Waals surface area contributed by atoms with Crippen molar-refractivity contribution in [1.29, 1.82) is 0 Å². The molecule has 1 aliphatic rings. The van der Waals surface area contributed by atoms with Crippen molar-refractivity contribution in [2.45, 2.75) is 0 Å². The highest BCUT2D eigenvalue weighted by molar-refractivity contribution is 7.75. The predicted octanol–water partition coefficient (Wildman–Crippen LogP) is 3.44. The fourth-order valence-electron chi connectivity index (χ4n) is 1.28. The Morgan fingerprint density at radius 3 is 1.84 bits per heavy atom. The van der Waals surface area contributed by atoms with E-state index in [4.69, 9.17) is 4.21 Å². The lowest BCUT2D eigenvalue weighted by Crippen LogP contribution is -2.21. The van der Waals surface area contributed by atoms with E-state index in [0.29, 0.717) is 0 Å². The molecule has 0 amide bonds. The van der Waals surface area contributed by atoms with Crippen molar-refractivity contribution >= 4 is 40.3 Å². The van der Waals surface area contributed by atoms with Crippen molar-refractivity contribution < 1.29 is 26.2 Å². The monoisotopic (exact) mass is 349 g/mol. The first-order valence-corrected chi connectivity index (χ1v) is 8.49. The summed E-state index contributed by atoms with van der Waals surface area (Å²) in [6, 6.07) is 0. The number of halogens is 5. The SMILES string of the molecule is Fc1c(F)c(F)c(P2(O[SiH3])=NP=NP=N2)c(F)c1F. The maximum absolute atomic E-state index is 13.7. The summed E-state index contributed by atoms with van der Waals surface area (Å²) in [5.41, 5.74) is 0. The molecule has 4 nitrogen and oxygen atoms in total. The quantitative estimate of drug-likeness (QED) is 0.265. The molecule has 0 aliphatic carbocycles. The van der Waals surface area contributed by atoms with Gasteiger partial charge >= 0.3 is 0 Å². The number of hydrogen-bond donors (Lipinski definition) is 0. The molecule has 0 bridgehead atoms. The second-order valence-corrected chi connectivity index (χ2v) is 8.59. The fourth-order valence-corrected chi connectivity index (χ4v) is 7.74.